The Balaban J connectivity index is 2.39. The highest BCUT2D eigenvalue weighted by atomic mass is 35.5. The van der Waals surface area contributed by atoms with Crippen molar-refractivity contribution in [2.45, 2.75) is 60.3 Å². The molecule has 2 rings (SSSR count). The molecule has 1 aromatic heterocycles. The van der Waals surface area contributed by atoms with E-state index in [-0.39, 0.29) is 17.4 Å². The second-order valence-electron chi connectivity index (χ2n) is 9.77. The zero-order valence-corrected chi connectivity index (χ0v) is 22.3. The molecule has 2 aromatic rings. The lowest BCUT2D eigenvalue weighted by Crippen LogP contribution is -2.30. The third-order valence-corrected chi connectivity index (χ3v) is 6.55. The van der Waals surface area contributed by atoms with Crippen LogP contribution < -0.4 is 5.73 Å². The Morgan fingerprint density at radius 2 is 1.80 bits per heavy atom. The number of benzene rings is 1. The molecule has 0 aliphatic carbocycles. The lowest BCUT2D eigenvalue weighted by atomic mass is 9.81. The summed E-state index contributed by atoms with van der Waals surface area (Å²) in [6.07, 6.45) is 2.75. The van der Waals surface area contributed by atoms with E-state index in [1.165, 1.54) is 6.26 Å². The molecule has 7 heteroatoms. The van der Waals surface area contributed by atoms with Gasteiger partial charge in [-0.2, -0.15) is 0 Å². The summed E-state index contributed by atoms with van der Waals surface area (Å²) < 4.78 is 5.78. The molecule has 0 fully saturated rings. The third kappa shape index (κ3) is 6.06. The average molecular weight is 496 g/mol. The average Bonchev–Trinajstić information content (AvgIpc) is 2.75. The van der Waals surface area contributed by atoms with E-state index in [2.05, 4.69) is 23.1 Å². The van der Waals surface area contributed by atoms with Gasteiger partial charge in [-0.05, 0) is 69.9 Å². The molecule has 0 saturated carbocycles. The van der Waals surface area contributed by atoms with Crippen LogP contribution in [0.15, 0.2) is 49.0 Å². The Morgan fingerprint density at radius 3 is 2.31 bits per heavy atom. The van der Waals surface area contributed by atoms with Gasteiger partial charge in [0, 0.05) is 27.3 Å². The number of rotatable bonds is 10. The number of nitrogen functional groups attached to an aromatic ring is 1. The molecule has 1 aromatic carbocycles. The molecule has 0 bridgehead atoms. The Labute approximate surface area is 213 Å². The Kier molecular flexibility index (Phi) is 8.45. The van der Waals surface area contributed by atoms with E-state index >= 15 is 0 Å². The fraction of sp³-hybridized carbons (Fsp3) is 0.357. The zero-order valence-electron chi connectivity index (χ0n) is 21.6. The number of aryl methyl sites for hydroxylation is 2. The SMILES string of the molecule is C=C(c1nc(C)c(C(C)(C=O)C(=C)O/C=C(\C)CC(C)(C)C(C)=O)c(N)n1)c1ccc(Cl)cc1C. The van der Waals surface area contributed by atoms with Gasteiger partial charge in [-0.1, -0.05) is 44.7 Å². The van der Waals surface area contributed by atoms with Gasteiger partial charge in [-0.25, -0.2) is 9.97 Å². The van der Waals surface area contributed by atoms with Crippen LogP contribution >= 0.6 is 11.6 Å². The lowest BCUT2D eigenvalue weighted by molar-refractivity contribution is -0.124. The van der Waals surface area contributed by atoms with Crippen molar-refractivity contribution in [1.82, 2.24) is 9.97 Å². The number of nitrogens with zero attached hydrogens (tertiary/aromatic N) is 2. The van der Waals surface area contributed by atoms with Crippen LogP contribution in [-0.4, -0.2) is 22.0 Å². The van der Waals surface area contributed by atoms with Crippen molar-refractivity contribution in [1.29, 1.82) is 0 Å². The topological polar surface area (TPSA) is 95.2 Å². The zero-order chi connectivity index (χ0) is 26.7. The second kappa shape index (κ2) is 10.6. The van der Waals surface area contributed by atoms with E-state index in [1.54, 1.807) is 26.8 Å². The largest absolute Gasteiger partial charge is 0.469 e. The molecule has 0 saturated heterocycles. The number of ether oxygens (including phenoxy) is 1. The van der Waals surface area contributed by atoms with Crippen LogP contribution in [0.25, 0.3) is 5.57 Å². The minimum Gasteiger partial charge on any atom is -0.469 e. The Hall–Kier alpha value is -3.25. The highest BCUT2D eigenvalue weighted by Gasteiger charge is 2.37. The highest BCUT2D eigenvalue weighted by molar-refractivity contribution is 6.30. The molecule has 0 radical (unpaired) electrons. The van der Waals surface area contributed by atoms with Gasteiger partial charge in [0.15, 0.2) is 5.82 Å². The van der Waals surface area contributed by atoms with Crippen LogP contribution in [0.4, 0.5) is 5.82 Å². The lowest BCUT2D eigenvalue weighted by Gasteiger charge is -2.28. The fourth-order valence-electron chi connectivity index (χ4n) is 3.88. The second-order valence-corrected chi connectivity index (χ2v) is 10.2. The molecule has 0 spiro atoms. The predicted octanol–water partition coefficient (Wildman–Crippen LogP) is 6.29. The first-order valence-corrected chi connectivity index (χ1v) is 11.6. The molecular weight excluding hydrogens is 462 g/mol. The van der Waals surface area contributed by atoms with Crippen LogP contribution in [0.5, 0.6) is 0 Å². The maximum atomic E-state index is 12.3. The van der Waals surface area contributed by atoms with Crippen molar-refractivity contribution in [2.75, 3.05) is 5.73 Å². The monoisotopic (exact) mass is 495 g/mol. The molecule has 2 N–H and O–H groups in total. The number of aromatic nitrogens is 2. The summed E-state index contributed by atoms with van der Waals surface area (Å²) >= 11 is 6.07. The fourth-order valence-corrected chi connectivity index (χ4v) is 4.11. The van der Waals surface area contributed by atoms with Crippen molar-refractivity contribution < 1.29 is 14.3 Å². The van der Waals surface area contributed by atoms with E-state index in [4.69, 9.17) is 22.1 Å². The van der Waals surface area contributed by atoms with Crippen molar-refractivity contribution in [3.63, 3.8) is 0 Å². The van der Waals surface area contributed by atoms with Crippen molar-refractivity contribution in [3.05, 3.63) is 82.2 Å². The minimum absolute atomic E-state index is 0.0813. The van der Waals surface area contributed by atoms with Crippen molar-refractivity contribution in [3.8, 4) is 0 Å². The number of anilines is 1. The van der Waals surface area contributed by atoms with E-state index in [0.717, 1.165) is 23.0 Å². The number of nitrogens with two attached hydrogens (primary N) is 1. The number of carbonyl (C=O) groups excluding carboxylic acids is 2. The molecule has 1 unspecified atom stereocenters. The van der Waals surface area contributed by atoms with E-state index in [1.807, 2.05) is 39.8 Å². The van der Waals surface area contributed by atoms with E-state index in [0.29, 0.717) is 34.1 Å². The number of allylic oxidation sites excluding steroid dienone is 2. The molecule has 6 nitrogen and oxygen atoms in total. The van der Waals surface area contributed by atoms with Gasteiger partial charge in [0.25, 0.3) is 0 Å². The Bertz CT molecular complexity index is 1210. The van der Waals surface area contributed by atoms with Crippen LogP contribution in [0, 0.1) is 19.3 Å². The van der Waals surface area contributed by atoms with Crippen LogP contribution in [0.1, 0.15) is 69.2 Å². The van der Waals surface area contributed by atoms with Gasteiger partial charge < -0.3 is 15.3 Å². The molecule has 0 aliphatic rings. The summed E-state index contributed by atoms with van der Waals surface area (Å²) in [4.78, 5) is 33.2. The first kappa shape index (κ1) is 28.0. The van der Waals surface area contributed by atoms with Crippen LogP contribution in [0.3, 0.4) is 0 Å². The molecule has 35 heavy (non-hydrogen) atoms. The number of Topliss-reactive ketones (excluding diaryl/α,β-unsaturated/α-hetero) is 1. The van der Waals surface area contributed by atoms with Crippen molar-refractivity contribution in [2.24, 2.45) is 5.41 Å². The summed E-state index contributed by atoms with van der Waals surface area (Å²) in [7, 11) is 0. The first-order chi connectivity index (χ1) is 16.1. The van der Waals surface area contributed by atoms with Gasteiger partial charge in [0.1, 0.15) is 29.1 Å². The quantitative estimate of drug-likeness (QED) is 0.307. The molecule has 1 atom stereocenters. The van der Waals surface area contributed by atoms with E-state index < -0.39 is 10.8 Å². The number of aldehydes is 1. The minimum atomic E-state index is -1.29. The number of carbonyl (C=O) groups is 2. The Morgan fingerprint density at radius 1 is 1.17 bits per heavy atom. The summed E-state index contributed by atoms with van der Waals surface area (Å²) in [5.41, 5.74) is 8.67. The predicted molar refractivity (Wildman–Crippen MR) is 142 cm³/mol. The summed E-state index contributed by atoms with van der Waals surface area (Å²) in [6.45, 7) is 20.6. The molecular formula is C28H34ClN3O3. The summed E-state index contributed by atoms with van der Waals surface area (Å²) in [6, 6.07) is 5.47. The number of hydrogen-bond donors (Lipinski definition) is 1. The maximum Gasteiger partial charge on any atom is 0.161 e. The highest BCUT2D eigenvalue weighted by Crippen LogP contribution is 2.36. The number of hydrogen-bond acceptors (Lipinski definition) is 6. The summed E-state index contributed by atoms with van der Waals surface area (Å²) in [5.74, 6) is 0.748. The third-order valence-electron chi connectivity index (χ3n) is 6.31. The standard InChI is InChI=1S/C28H34ClN3O3/c1-16(13-27(7,8)20(5)34)14-35-21(6)28(9,15-33)24-19(4)31-26(32-25(24)30)18(3)23-11-10-22(29)12-17(23)2/h10-12,14-15H,3,6,13H2,1-2,4-5,7-9H3,(H2,30,31,32)/b16-14+. The summed E-state index contributed by atoms with van der Waals surface area (Å²) in [5, 5.41) is 0.625. The van der Waals surface area contributed by atoms with E-state index in [9.17, 15) is 9.59 Å². The normalized spacial score (nSPS) is 13.7. The van der Waals surface area contributed by atoms with Crippen LogP contribution in [-0.2, 0) is 19.7 Å². The van der Waals surface area contributed by atoms with Gasteiger partial charge in [0.2, 0.25) is 0 Å². The van der Waals surface area contributed by atoms with Crippen LogP contribution in [0.2, 0.25) is 5.02 Å². The number of halogens is 1. The number of ketones is 1. The smallest absolute Gasteiger partial charge is 0.161 e. The van der Waals surface area contributed by atoms with Gasteiger partial charge in [-0.3, -0.25) is 4.79 Å². The molecule has 186 valence electrons. The molecule has 1 heterocycles. The van der Waals surface area contributed by atoms with Gasteiger partial charge >= 0.3 is 0 Å². The molecule has 0 aliphatic heterocycles. The molecule has 0 amide bonds. The maximum absolute atomic E-state index is 12.3. The van der Waals surface area contributed by atoms with Crippen molar-refractivity contribution >= 4 is 35.1 Å². The van der Waals surface area contributed by atoms with Gasteiger partial charge in [-0.15, -0.1) is 0 Å². The first-order valence-electron chi connectivity index (χ1n) is 11.2. The van der Waals surface area contributed by atoms with Gasteiger partial charge in [0.05, 0.1) is 6.26 Å².